The van der Waals surface area contributed by atoms with Gasteiger partial charge in [0.15, 0.2) is 4.67 Å². The van der Waals surface area contributed by atoms with E-state index in [1.807, 2.05) is 0 Å². The van der Waals surface area contributed by atoms with E-state index in [1.165, 1.54) is 24.2 Å². The lowest BCUT2D eigenvalue weighted by atomic mass is 9.66. The molecule has 0 fully saturated rings. The molecule has 1 aliphatic carbocycles. The summed E-state index contributed by atoms with van der Waals surface area (Å²) >= 11 is 3.43. The van der Waals surface area contributed by atoms with Gasteiger partial charge in [0.2, 0.25) is 0 Å². The van der Waals surface area contributed by atoms with Crippen molar-refractivity contribution in [2.75, 3.05) is 0 Å². The highest BCUT2D eigenvalue weighted by Crippen LogP contribution is 2.47. The second-order valence-corrected chi connectivity index (χ2v) is 6.34. The zero-order chi connectivity index (χ0) is 10.6. The number of furan rings is 1. The molecule has 0 atom stereocenters. The van der Waals surface area contributed by atoms with E-state index >= 15 is 0 Å². The minimum atomic E-state index is 0.191. The van der Waals surface area contributed by atoms with E-state index < -0.39 is 0 Å². The Balaban J connectivity index is 2.60. The van der Waals surface area contributed by atoms with Gasteiger partial charge in [-0.25, -0.2) is 0 Å². The summed E-state index contributed by atoms with van der Waals surface area (Å²) in [6, 6.07) is 2.14. The normalized spacial score (nSPS) is 23.2. The van der Waals surface area contributed by atoms with Crippen molar-refractivity contribution in [3.63, 3.8) is 0 Å². The molecule has 0 amide bonds. The molecule has 2 heteroatoms. The fourth-order valence-electron chi connectivity index (χ4n) is 2.24. The van der Waals surface area contributed by atoms with Gasteiger partial charge in [-0.15, -0.1) is 0 Å². The first kappa shape index (κ1) is 10.3. The lowest BCUT2D eigenvalue weighted by Gasteiger charge is -2.37. The standard InChI is InChI=1S/C12H17BrO/c1-11(2)5-6-12(3,4)10-8(11)7-9(13)14-10/h7H,5-6H2,1-4H3. The predicted molar refractivity (Wildman–Crippen MR) is 61.7 cm³/mol. The molecule has 0 aromatic carbocycles. The number of fused-ring (bicyclic) bond motifs is 1. The van der Waals surface area contributed by atoms with Crippen LogP contribution in [-0.4, -0.2) is 0 Å². The fourth-order valence-corrected chi connectivity index (χ4v) is 2.63. The summed E-state index contributed by atoms with van der Waals surface area (Å²) in [6.07, 6.45) is 2.44. The van der Waals surface area contributed by atoms with Crippen LogP contribution in [0, 0.1) is 0 Å². The molecule has 1 heterocycles. The van der Waals surface area contributed by atoms with Crippen molar-refractivity contribution in [2.24, 2.45) is 0 Å². The molecular formula is C12H17BrO. The lowest BCUT2D eigenvalue weighted by Crippen LogP contribution is -2.32. The molecule has 1 aromatic rings. The molecule has 0 N–H and O–H groups in total. The quantitative estimate of drug-likeness (QED) is 0.671. The van der Waals surface area contributed by atoms with E-state index in [1.54, 1.807) is 0 Å². The van der Waals surface area contributed by atoms with Crippen molar-refractivity contribution in [1.29, 1.82) is 0 Å². The first-order chi connectivity index (χ1) is 6.33. The minimum absolute atomic E-state index is 0.191. The van der Waals surface area contributed by atoms with Crippen LogP contribution in [-0.2, 0) is 10.8 Å². The summed E-state index contributed by atoms with van der Waals surface area (Å²) in [6.45, 7) is 9.11. The summed E-state index contributed by atoms with van der Waals surface area (Å²) in [5, 5.41) is 0. The summed E-state index contributed by atoms with van der Waals surface area (Å²) in [7, 11) is 0. The van der Waals surface area contributed by atoms with Crippen LogP contribution in [0.2, 0.25) is 0 Å². The van der Waals surface area contributed by atoms with Crippen LogP contribution in [0.4, 0.5) is 0 Å². The Hall–Kier alpha value is -0.240. The number of hydrogen-bond donors (Lipinski definition) is 0. The van der Waals surface area contributed by atoms with Crippen molar-refractivity contribution in [2.45, 2.75) is 51.4 Å². The molecule has 0 bridgehead atoms. The molecule has 1 nitrogen and oxygen atoms in total. The van der Waals surface area contributed by atoms with E-state index in [2.05, 4.69) is 49.7 Å². The molecule has 0 radical (unpaired) electrons. The number of rotatable bonds is 0. The van der Waals surface area contributed by atoms with Crippen molar-refractivity contribution in [3.05, 3.63) is 22.1 Å². The van der Waals surface area contributed by atoms with Gasteiger partial charge in [0.25, 0.3) is 0 Å². The first-order valence-corrected chi connectivity index (χ1v) is 5.92. The number of hydrogen-bond acceptors (Lipinski definition) is 1. The Morgan fingerprint density at radius 1 is 1.14 bits per heavy atom. The van der Waals surface area contributed by atoms with Crippen molar-refractivity contribution >= 4 is 15.9 Å². The molecule has 0 unspecified atom stereocenters. The van der Waals surface area contributed by atoms with E-state index in [0.29, 0.717) is 0 Å². The first-order valence-electron chi connectivity index (χ1n) is 5.13. The minimum Gasteiger partial charge on any atom is -0.453 e. The Bertz CT molecular complexity index is 327. The van der Waals surface area contributed by atoms with Crippen molar-refractivity contribution in [1.82, 2.24) is 0 Å². The third-order valence-electron chi connectivity index (χ3n) is 3.42. The predicted octanol–water partition coefficient (Wildman–Crippen LogP) is 4.39. The smallest absolute Gasteiger partial charge is 0.169 e. The van der Waals surface area contributed by atoms with Crippen molar-refractivity contribution in [3.8, 4) is 0 Å². The summed E-state index contributed by atoms with van der Waals surface area (Å²) in [5.41, 5.74) is 1.83. The molecule has 78 valence electrons. The highest BCUT2D eigenvalue weighted by atomic mass is 79.9. The van der Waals surface area contributed by atoms with Gasteiger partial charge in [0.1, 0.15) is 5.76 Å². The maximum absolute atomic E-state index is 5.77. The molecule has 1 aromatic heterocycles. The summed E-state index contributed by atoms with van der Waals surface area (Å²) in [4.78, 5) is 0. The Kier molecular flexibility index (Phi) is 2.11. The molecule has 0 spiro atoms. The third kappa shape index (κ3) is 1.44. The van der Waals surface area contributed by atoms with Gasteiger partial charge in [-0.1, -0.05) is 27.7 Å². The Morgan fingerprint density at radius 2 is 1.71 bits per heavy atom. The second-order valence-electron chi connectivity index (χ2n) is 5.56. The van der Waals surface area contributed by atoms with Crippen LogP contribution in [0.3, 0.4) is 0 Å². The van der Waals surface area contributed by atoms with Gasteiger partial charge in [0, 0.05) is 11.0 Å². The maximum Gasteiger partial charge on any atom is 0.169 e. The monoisotopic (exact) mass is 256 g/mol. The Morgan fingerprint density at radius 3 is 2.29 bits per heavy atom. The fraction of sp³-hybridized carbons (Fsp3) is 0.667. The zero-order valence-electron chi connectivity index (χ0n) is 9.28. The van der Waals surface area contributed by atoms with Gasteiger partial charge in [-0.3, -0.25) is 0 Å². The van der Waals surface area contributed by atoms with Gasteiger partial charge < -0.3 is 4.42 Å². The van der Waals surface area contributed by atoms with Crippen LogP contribution < -0.4 is 0 Å². The van der Waals surface area contributed by atoms with Crippen LogP contribution in [0.15, 0.2) is 15.2 Å². The van der Waals surface area contributed by atoms with Crippen LogP contribution >= 0.6 is 15.9 Å². The largest absolute Gasteiger partial charge is 0.453 e. The average Bonchev–Trinajstić information content (AvgIpc) is 2.44. The van der Waals surface area contributed by atoms with Crippen LogP contribution in [0.25, 0.3) is 0 Å². The second kappa shape index (κ2) is 2.88. The van der Waals surface area contributed by atoms with E-state index in [-0.39, 0.29) is 10.8 Å². The SMILES string of the molecule is CC1(C)CCC(C)(C)c2oc(Br)cc21. The average molecular weight is 257 g/mol. The summed E-state index contributed by atoms with van der Waals surface area (Å²) in [5.74, 6) is 1.17. The molecular weight excluding hydrogens is 240 g/mol. The molecule has 1 aliphatic rings. The van der Waals surface area contributed by atoms with E-state index in [4.69, 9.17) is 4.42 Å². The van der Waals surface area contributed by atoms with Crippen LogP contribution in [0.5, 0.6) is 0 Å². The molecule has 0 saturated heterocycles. The van der Waals surface area contributed by atoms with Gasteiger partial charge in [0.05, 0.1) is 0 Å². The van der Waals surface area contributed by atoms with Crippen LogP contribution in [0.1, 0.15) is 51.9 Å². The van der Waals surface area contributed by atoms with Gasteiger partial charge in [-0.05, 0) is 40.3 Å². The zero-order valence-corrected chi connectivity index (χ0v) is 10.9. The van der Waals surface area contributed by atoms with Crippen molar-refractivity contribution < 1.29 is 4.42 Å². The molecule has 0 saturated carbocycles. The van der Waals surface area contributed by atoms with E-state index in [0.717, 1.165) is 4.67 Å². The maximum atomic E-state index is 5.77. The molecule has 2 rings (SSSR count). The molecule has 0 aliphatic heterocycles. The van der Waals surface area contributed by atoms with E-state index in [9.17, 15) is 0 Å². The molecule has 14 heavy (non-hydrogen) atoms. The Labute approximate surface area is 94.0 Å². The third-order valence-corrected chi connectivity index (χ3v) is 3.81. The number of halogens is 1. The highest BCUT2D eigenvalue weighted by molar-refractivity contribution is 9.10. The van der Waals surface area contributed by atoms with Gasteiger partial charge >= 0.3 is 0 Å². The van der Waals surface area contributed by atoms with Gasteiger partial charge in [-0.2, -0.15) is 0 Å². The highest BCUT2D eigenvalue weighted by Gasteiger charge is 2.40. The lowest BCUT2D eigenvalue weighted by molar-refractivity contribution is 0.275. The summed E-state index contributed by atoms with van der Waals surface area (Å²) < 4.78 is 6.64. The topological polar surface area (TPSA) is 13.1 Å².